The third-order valence-corrected chi connectivity index (χ3v) is 15.2. The SMILES string of the molecule is CC[C@H](C)[C@H]1NC(=O)[C@@H](NC(=O)[C@@H](CC(C)C)N(C)C(=O)[C@@H]2C=CCN2C(=O)[C@H](C)O)[C@@H](C)OC(=O)[C@H](Cc2ccc(OC)cc2)N(C)C(=O)[C@@H]2CCCN2C(=O)[C@H](CC(C)C)NC(=O)[C@@H](C)C(=O)[C@H](C(C)C)OC(=O)C[C@@H]1O. The molecule has 2 saturated heterocycles. The number of methoxy groups -OCH3 is 1. The number of cyclic esters (lactones) is 2. The quantitative estimate of drug-likeness (QED) is 0.0955. The van der Waals surface area contributed by atoms with Crippen LogP contribution in [-0.2, 0) is 63.8 Å². The molecule has 4 rings (SSSR count). The van der Waals surface area contributed by atoms with E-state index in [2.05, 4.69) is 16.0 Å². The number of aliphatic hydroxyl groups excluding tert-OH is 2. The molecule has 13 atom stereocenters. The minimum atomic E-state index is -1.78. The van der Waals surface area contributed by atoms with Gasteiger partial charge in [0.1, 0.15) is 54.2 Å². The summed E-state index contributed by atoms with van der Waals surface area (Å²) >= 11 is 0. The van der Waals surface area contributed by atoms with Crippen LogP contribution in [0.3, 0.4) is 0 Å². The van der Waals surface area contributed by atoms with Gasteiger partial charge >= 0.3 is 11.9 Å². The summed E-state index contributed by atoms with van der Waals surface area (Å²) in [4.78, 5) is 148. The number of fused-ring (bicyclic) bond motifs is 1. The molecule has 1 aromatic rings. The molecule has 0 radical (unpaired) electrons. The van der Waals surface area contributed by atoms with Gasteiger partial charge in [0, 0.05) is 33.6 Å². The molecule has 440 valence electrons. The highest BCUT2D eigenvalue weighted by Crippen LogP contribution is 2.27. The van der Waals surface area contributed by atoms with Gasteiger partial charge < -0.3 is 60.0 Å². The van der Waals surface area contributed by atoms with Gasteiger partial charge in [-0.1, -0.05) is 86.1 Å². The second-order valence-electron chi connectivity index (χ2n) is 22.6. The standard InChI is InChI=1S/C57H87N7O15/c1-15-33(8)46-44(66)29-45(67)79-49(32(6)7)48(68)34(9)50(69)58-39(26-30(2)3)54(73)64-25-17-19-41(64)56(75)62(13)43(28-37-20-22-38(77-14)23-21-37)57(76)78-36(11)47(52(71)59-46)60-51(70)42(27-31(4)5)61(12)55(74)40-18-16-24-63(40)53(72)35(10)65/h16,18,20-23,30-36,39-44,46-47,49,65-66H,15,17,19,24-29H2,1-14H3,(H,58,69)(H,59,71)(H,60,70)/t33-,34-,35-,36+,39-,40-,41-,42+,43-,44-,46+,47-,49-/m0/s1. The lowest BCUT2D eigenvalue weighted by atomic mass is 9.91. The minimum absolute atomic E-state index is 0.0330. The van der Waals surface area contributed by atoms with E-state index < -0.39 is 150 Å². The Labute approximate surface area is 465 Å². The van der Waals surface area contributed by atoms with Gasteiger partial charge in [0.2, 0.25) is 35.4 Å². The lowest BCUT2D eigenvalue weighted by molar-refractivity contribution is -0.163. The number of nitrogens with zero attached hydrogens (tertiary/aromatic N) is 4. The summed E-state index contributed by atoms with van der Waals surface area (Å²) in [7, 11) is 4.25. The van der Waals surface area contributed by atoms with Crippen molar-refractivity contribution >= 4 is 59.1 Å². The molecule has 3 aliphatic rings. The van der Waals surface area contributed by atoms with E-state index in [1.807, 2.05) is 27.7 Å². The van der Waals surface area contributed by atoms with Crippen molar-refractivity contribution in [2.45, 2.75) is 188 Å². The number of amides is 7. The molecular weight excluding hydrogens is 1020 g/mol. The number of Topliss-reactive ketones (excluding diaryl/α,β-unsaturated/α-hetero) is 1. The highest BCUT2D eigenvalue weighted by molar-refractivity contribution is 6.05. The van der Waals surface area contributed by atoms with Crippen LogP contribution < -0.4 is 20.7 Å². The molecule has 7 amide bonds. The maximum atomic E-state index is 15.0. The van der Waals surface area contributed by atoms with Crippen LogP contribution in [0.5, 0.6) is 5.75 Å². The van der Waals surface area contributed by atoms with E-state index in [1.54, 1.807) is 58.0 Å². The third-order valence-electron chi connectivity index (χ3n) is 15.2. The van der Waals surface area contributed by atoms with Crippen molar-refractivity contribution in [3.63, 3.8) is 0 Å². The second kappa shape index (κ2) is 29.2. The molecule has 0 spiro atoms. The number of benzene rings is 1. The first-order valence-electron chi connectivity index (χ1n) is 27.7. The molecule has 0 aromatic heterocycles. The van der Waals surface area contributed by atoms with E-state index in [-0.39, 0.29) is 50.6 Å². The van der Waals surface area contributed by atoms with Crippen LogP contribution in [0, 0.1) is 29.6 Å². The fraction of sp³-hybridized carbons (Fsp3) is 0.684. The Morgan fingerprint density at radius 3 is 2.11 bits per heavy atom. The van der Waals surface area contributed by atoms with Crippen LogP contribution in [0.4, 0.5) is 0 Å². The predicted octanol–water partition coefficient (Wildman–Crippen LogP) is 2.09. The molecule has 1 aromatic carbocycles. The summed E-state index contributed by atoms with van der Waals surface area (Å²) in [6, 6.07) is -2.45. The first kappa shape index (κ1) is 65.1. The van der Waals surface area contributed by atoms with Crippen LogP contribution in [0.15, 0.2) is 36.4 Å². The predicted molar refractivity (Wildman–Crippen MR) is 290 cm³/mol. The zero-order chi connectivity index (χ0) is 59.3. The lowest BCUT2D eigenvalue weighted by Crippen LogP contribution is -2.62. The fourth-order valence-corrected chi connectivity index (χ4v) is 10.2. The average molecular weight is 1110 g/mol. The molecule has 5 N–H and O–H groups in total. The Balaban J connectivity index is 1.89. The topological polar surface area (TPSA) is 288 Å². The van der Waals surface area contributed by atoms with Gasteiger partial charge in [0.15, 0.2) is 11.9 Å². The molecule has 0 saturated carbocycles. The van der Waals surface area contributed by atoms with Crippen LogP contribution in [-0.4, -0.2) is 190 Å². The van der Waals surface area contributed by atoms with E-state index >= 15 is 0 Å². The van der Waals surface area contributed by atoms with Crippen molar-refractivity contribution in [1.82, 2.24) is 35.6 Å². The third kappa shape index (κ3) is 16.8. The van der Waals surface area contributed by atoms with Crippen molar-refractivity contribution in [2.75, 3.05) is 34.3 Å². The number of rotatable bonds is 15. The molecule has 3 heterocycles. The molecule has 0 bridgehead atoms. The summed E-state index contributed by atoms with van der Waals surface area (Å²) in [6.45, 7) is 18.1. The summed E-state index contributed by atoms with van der Waals surface area (Å²) in [5, 5.41) is 30.2. The second-order valence-corrected chi connectivity index (χ2v) is 22.6. The Morgan fingerprint density at radius 1 is 0.899 bits per heavy atom. The summed E-state index contributed by atoms with van der Waals surface area (Å²) < 4.78 is 17.2. The lowest BCUT2D eigenvalue weighted by Gasteiger charge is -2.36. The largest absolute Gasteiger partial charge is 0.497 e. The van der Waals surface area contributed by atoms with E-state index in [0.29, 0.717) is 24.2 Å². The number of aliphatic hydroxyl groups is 2. The zero-order valence-corrected chi connectivity index (χ0v) is 48.6. The van der Waals surface area contributed by atoms with Gasteiger partial charge in [-0.3, -0.25) is 43.2 Å². The Kier molecular flexibility index (Phi) is 24.0. The summed E-state index contributed by atoms with van der Waals surface area (Å²) in [5.41, 5.74) is 0.566. The Bertz CT molecular complexity index is 2380. The summed E-state index contributed by atoms with van der Waals surface area (Å²) in [6.07, 6.45) is -2.77. The Hall–Kier alpha value is -6.42. The maximum Gasteiger partial charge on any atom is 0.329 e. The van der Waals surface area contributed by atoms with Crippen molar-refractivity contribution in [3.05, 3.63) is 42.0 Å². The maximum absolute atomic E-state index is 15.0. The normalized spacial score (nSPS) is 27.5. The van der Waals surface area contributed by atoms with E-state index in [4.69, 9.17) is 14.2 Å². The van der Waals surface area contributed by atoms with Crippen molar-refractivity contribution < 1.29 is 72.4 Å². The molecule has 22 nitrogen and oxygen atoms in total. The first-order valence-corrected chi connectivity index (χ1v) is 27.7. The van der Waals surface area contributed by atoms with Crippen LogP contribution >= 0.6 is 0 Å². The number of carbonyl (C=O) groups is 10. The molecule has 0 aliphatic carbocycles. The summed E-state index contributed by atoms with van der Waals surface area (Å²) in [5.74, 6) is -10.5. The van der Waals surface area contributed by atoms with Crippen LogP contribution in [0.2, 0.25) is 0 Å². The number of ketones is 1. The number of likely N-dealkylation sites (N-methyl/N-ethyl adjacent to an activating group) is 2. The number of hydrogen-bond acceptors (Lipinski definition) is 15. The van der Waals surface area contributed by atoms with E-state index in [9.17, 15) is 58.2 Å². The number of carbonyl (C=O) groups excluding carboxylic acids is 10. The molecule has 3 aliphatic heterocycles. The van der Waals surface area contributed by atoms with Crippen molar-refractivity contribution in [2.24, 2.45) is 29.6 Å². The molecule has 0 unspecified atom stereocenters. The minimum Gasteiger partial charge on any atom is -0.497 e. The molecular formula is C57H87N7O15. The van der Waals surface area contributed by atoms with Gasteiger partial charge in [-0.25, -0.2) is 4.79 Å². The van der Waals surface area contributed by atoms with Crippen molar-refractivity contribution in [1.29, 1.82) is 0 Å². The fourth-order valence-electron chi connectivity index (χ4n) is 10.2. The monoisotopic (exact) mass is 1110 g/mol. The number of hydrogen-bond donors (Lipinski definition) is 5. The number of ether oxygens (including phenoxy) is 3. The molecule has 79 heavy (non-hydrogen) atoms. The van der Waals surface area contributed by atoms with Crippen LogP contribution in [0.25, 0.3) is 0 Å². The van der Waals surface area contributed by atoms with Gasteiger partial charge in [-0.05, 0) is 87.8 Å². The smallest absolute Gasteiger partial charge is 0.329 e. The number of nitrogens with one attached hydrogen (secondary N) is 3. The van der Waals surface area contributed by atoms with Gasteiger partial charge in [-0.2, -0.15) is 0 Å². The van der Waals surface area contributed by atoms with Crippen molar-refractivity contribution in [3.8, 4) is 5.75 Å². The highest BCUT2D eigenvalue weighted by atomic mass is 16.6. The molecule has 2 fully saturated rings. The highest BCUT2D eigenvalue weighted by Gasteiger charge is 2.45. The number of esters is 2. The van der Waals surface area contributed by atoms with E-state index in [1.165, 1.54) is 62.8 Å². The van der Waals surface area contributed by atoms with Gasteiger partial charge in [-0.15, -0.1) is 0 Å². The van der Waals surface area contributed by atoms with E-state index in [0.717, 1.165) is 4.90 Å². The van der Waals surface area contributed by atoms with Crippen LogP contribution in [0.1, 0.15) is 120 Å². The van der Waals surface area contributed by atoms with Gasteiger partial charge in [0.25, 0.3) is 5.91 Å². The molecule has 22 heteroatoms. The Morgan fingerprint density at radius 2 is 1.54 bits per heavy atom. The average Bonchev–Trinajstić information content (AvgIpc) is 4.13. The zero-order valence-electron chi connectivity index (χ0n) is 48.6. The first-order chi connectivity index (χ1) is 37.0. The van der Waals surface area contributed by atoms with Gasteiger partial charge in [0.05, 0.1) is 31.6 Å².